The molecule has 36 heavy (non-hydrogen) atoms. The van der Waals surface area contributed by atoms with E-state index in [0.717, 1.165) is 24.8 Å². The van der Waals surface area contributed by atoms with E-state index in [1.54, 1.807) is 55.5 Å². The van der Waals surface area contributed by atoms with Crippen LogP contribution in [0.25, 0.3) is 5.76 Å². The monoisotopic (exact) mass is 491 g/mol. The molecule has 0 radical (unpaired) electrons. The molecule has 4 rings (SSSR count). The molecule has 1 aromatic heterocycles. The normalized spacial score (nSPS) is 17.1. The Hall–Kier alpha value is -3.87. The first kappa shape index (κ1) is 25.2. The second kappa shape index (κ2) is 11.2. The van der Waals surface area contributed by atoms with Gasteiger partial charge in [0.05, 0.1) is 12.2 Å². The summed E-state index contributed by atoms with van der Waals surface area (Å²) in [5, 5.41) is 11.2. The minimum Gasteiger partial charge on any atom is -0.507 e. The second-order valence-corrected chi connectivity index (χ2v) is 8.90. The van der Waals surface area contributed by atoms with Gasteiger partial charge < -0.3 is 19.2 Å². The predicted octanol–water partition coefficient (Wildman–Crippen LogP) is 5.96. The summed E-state index contributed by atoms with van der Waals surface area (Å²) in [7, 11) is 0. The first-order valence-corrected chi connectivity index (χ1v) is 12.2. The maximum atomic E-state index is 13.3. The van der Waals surface area contributed by atoms with E-state index in [-0.39, 0.29) is 23.7 Å². The van der Waals surface area contributed by atoms with Crippen molar-refractivity contribution >= 4 is 17.4 Å². The Balaban J connectivity index is 1.62. The molecule has 2 heterocycles. The number of ketones is 1. The van der Waals surface area contributed by atoms with Crippen LogP contribution in [0, 0.1) is 12.7 Å². The minimum atomic E-state index is -0.871. The van der Waals surface area contributed by atoms with Gasteiger partial charge >= 0.3 is 0 Å². The smallest absolute Gasteiger partial charge is 0.295 e. The molecule has 3 aromatic rings. The third kappa shape index (κ3) is 5.51. The van der Waals surface area contributed by atoms with Crippen molar-refractivity contribution in [2.75, 3.05) is 13.2 Å². The molecule has 1 aliphatic heterocycles. The summed E-state index contributed by atoms with van der Waals surface area (Å²) in [6.45, 7) is 4.70. The van der Waals surface area contributed by atoms with Crippen LogP contribution in [0.1, 0.15) is 54.9 Å². The quantitative estimate of drug-likeness (QED) is 0.164. The number of Topliss-reactive ketones (excluding diaryl/α,β-unsaturated/α-hetero) is 1. The van der Waals surface area contributed by atoms with Crippen molar-refractivity contribution in [1.82, 2.24) is 4.90 Å². The van der Waals surface area contributed by atoms with Gasteiger partial charge in [-0.15, -0.1) is 0 Å². The van der Waals surface area contributed by atoms with Gasteiger partial charge in [0.2, 0.25) is 0 Å². The van der Waals surface area contributed by atoms with E-state index in [1.807, 2.05) is 0 Å². The molecule has 0 saturated carbocycles. The minimum absolute atomic E-state index is 0.0231. The van der Waals surface area contributed by atoms with Gasteiger partial charge in [0.25, 0.3) is 11.7 Å². The van der Waals surface area contributed by atoms with Crippen LogP contribution in [0.2, 0.25) is 0 Å². The van der Waals surface area contributed by atoms with E-state index in [2.05, 4.69) is 6.92 Å². The van der Waals surface area contributed by atoms with Gasteiger partial charge in [-0.3, -0.25) is 9.59 Å². The third-order valence-electron chi connectivity index (χ3n) is 6.27. The largest absolute Gasteiger partial charge is 0.507 e. The molecule has 1 unspecified atom stereocenters. The van der Waals surface area contributed by atoms with Crippen molar-refractivity contribution in [3.8, 4) is 5.75 Å². The lowest BCUT2D eigenvalue weighted by atomic mass is 9.99. The third-order valence-corrected chi connectivity index (χ3v) is 6.27. The van der Waals surface area contributed by atoms with Crippen LogP contribution in [0.4, 0.5) is 4.39 Å². The Morgan fingerprint density at radius 1 is 1.03 bits per heavy atom. The van der Waals surface area contributed by atoms with E-state index in [1.165, 1.54) is 17.0 Å². The zero-order valence-electron chi connectivity index (χ0n) is 20.5. The highest BCUT2D eigenvalue weighted by Gasteiger charge is 2.47. The van der Waals surface area contributed by atoms with E-state index in [4.69, 9.17) is 9.15 Å². The zero-order chi connectivity index (χ0) is 25.7. The van der Waals surface area contributed by atoms with Crippen molar-refractivity contribution in [2.45, 2.75) is 45.6 Å². The number of benzene rings is 2. The van der Waals surface area contributed by atoms with Gasteiger partial charge in [-0.1, -0.05) is 31.9 Å². The topological polar surface area (TPSA) is 80.0 Å². The molecule has 1 aliphatic rings. The molecule has 188 valence electrons. The molecular formula is C29H30FNO5. The Morgan fingerprint density at radius 3 is 2.39 bits per heavy atom. The van der Waals surface area contributed by atoms with Crippen LogP contribution in [0.3, 0.4) is 0 Å². The Morgan fingerprint density at radius 2 is 1.75 bits per heavy atom. The van der Waals surface area contributed by atoms with Crippen LogP contribution in [0.5, 0.6) is 5.75 Å². The number of aliphatic hydroxyl groups excluding tert-OH is 1. The van der Waals surface area contributed by atoms with Crippen LogP contribution >= 0.6 is 0 Å². The van der Waals surface area contributed by atoms with Gasteiger partial charge in [0.15, 0.2) is 0 Å². The number of hydrogen-bond acceptors (Lipinski definition) is 5. The number of unbranched alkanes of at least 4 members (excludes halogenated alkanes) is 2. The number of nitrogens with zero attached hydrogens (tertiary/aromatic N) is 1. The number of carbonyl (C=O) groups is 2. The highest BCUT2D eigenvalue weighted by molar-refractivity contribution is 6.46. The molecule has 1 fully saturated rings. The summed E-state index contributed by atoms with van der Waals surface area (Å²) < 4.78 is 24.8. The summed E-state index contributed by atoms with van der Waals surface area (Å²) >= 11 is 0. The summed E-state index contributed by atoms with van der Waals surface area (Å²) in [4.78, 5) is 27.6. The van der Waals surface area contributed by atoms with Crippen molar-refractivity contribution in [1.29, 1.82) is 0 Å². The van der Waals surface area contributed by atoms with Crippen LogP contribution in [0.15, 0.2) is 70.7 Å². The van der Waals surface area contributed by atoms with Gasteiger partial charge in [0, 0.05) is 12.1 Å². The number of halogens is 1. The molecule has 1 saturated heterocycles. The maximum Gasteiger partial charge on any atom is 0.295 e. The lowest BCUT2D eigenvalue weighted by Gasteiger charge is -2.23. The number of carbonyl (C=O) groups excluding carboxylic acids is 2. The first-order chi connectivity index (χ1) is 17.4. The van der Waals surface area contributed by atoms with Gasteiger partial charge in [-0.2, -0.15) is 0 Å². The Labute approximate surface area is 210 Å². The number of rotatable bonds is 10. The lowest BCUT2D eigenvalue weighted by molar-refractivity contribution is -0.140. The van der Waals surface area contributed by atoms with Crippen molar-refractivity contribution in [2.24, 2.45) is 0 Å². The van der Waals surface area contributed by atoms with Crippen molar-refractivity contribution < 1.29 is 28.2 Å². The SMILES string of the molecule is CCCCCOc1ccc(/C(O)=C2/C(=O)C(=O)N(CCc3ccc(F)cc3)C2c2ccc(C)o2)cc1. The Kier molecular flexibility index (Phi) is 7.88. The summed E-state index contributed by atoms with van der Waals surface area (Å²) in [6.07, 6.45) is 3.57. The van der Waals surface area contributed by atoms with Crippen LogP contribution in [-0.4, -0.2) is 34.8 Å². The molecule has 6 nitrogen and oxygen atoms in total. The Bertz CT molecular complexity index is 1240. The van der Waals surface area contributed by atoms with E-state index in [9.17, 15) is 19.1 Å². The maximum absolute atomic E-state index is 13.3. The molecular weight excluding hydrogens is 461 g/mol. The fourth-order valence-corrected chi connectivity index (χ4v) is 4.31. The fraction of sp³-hybridized carbons (Fsp3) is 0.310. The first-order valence-electron chi connectivity index (χ1n) is 12.2. The average Bonchev–Trinajstić information content (AvgIpc) is 3.42. The predicted molar refractivity (Wildman–Crippen MR) is 134 cm³/mol. The van der Waals surface area contributed by atoms with Gasteiger partial charge in [-0.25, -0.2) is 4.39 Å². The fourth-order valence-electron chi connectivity index (χ4n) is 4.31. The molecule has 1 amide bonds. The number of amides is 1. The standard InChI is InChI=1S/C29H30FNO5/c1-3-4-5-18-35-23-13-9-21(10-14-23)27(32)25-26(24-15-6-19(2)36-24)31(29(34)28(25)33)17-16-20-7-11-22(30)12-8-20/h6-15,26,32H,3-5,16-18H2,1-2H3/b27-25-. The number of hydrogen-bond donors (Lipinski definition) is 1. The summed E-state index contributed by atoms with van der Waals surface area (Å²) in [5.74, 6) is -0.418. The molecule has 7 heteroatoms. The summed E-state index contributed by atoms with van der Waals surface area (Å²) in [6, 6.07) is 15.4. The lowest BCUT2D eigenvalue weighted by Crippen LogP contribution is -2.31. The number of likely N-dealkylation sites (tertiary alicyclic amines) is 1. The van der Waals surface area contributed by atoms with E-state index < -0.39 is 17.7 Å². The highest BCUT2D eigenvalue weighted by Crippen LogP contribution is 2.40. The molecule has 1 atom stereocenters. The molecule has 0 aliphatic carbocycles. The molecule has 2 aromatic carbocycles. The van der Waals surface area contributed by atoms with Crippen LogP contribution < -0.4 is 4.74 Å². The van der Waals surface area contributed by atoms with E-state index in [0.29, 0.717) is 35.9 Å². The van der Waals surface area contributed by atoms with Gasteiger partial charge in [0.1, 0.15) is 34.9 Å². The molecule has 0 spiro atoms. The molecule has 1 N–H and O–H groups in total. The second-order valence-electron chi connectivity index (χ2n) is 8.90. The van der Waals surface area contributed by atoms with Gasteiger partial charge in [-0.05, 0) is 73.9 Å². The number of aryl methyl sites for hydroxylation is 1. The number of ether oxygens (including phenoxy) is 1. The zero-order valence-corrected chi connectivity index (χ0v) is 20.5. The van der Waals surface area contributed by atoms with E-state index >= 15 is 0 Å². The van der Waals surface area contributed by atoms with Crippen LogP contribution in [-0.2, 0) is 16.0 Å². The summed E-state index contributed by atoms with van der Waals surface area (Å²) in [5.41, 5.74) is 1.20. The highest BCUT2D eigenvalue weighted by atomic mass is 19.1. The molecule has 0 bridgehead atoms. The number of furan rings is 1. The number of aliphatic hydroxyl groups is 1. The average molecular weight is 492 g/mol. The van der Waals surface area contributed by atoms with Crippen molar-refractivity contribution in [3.63, 3.8) is 0 Å². The van der Waals surface area contributed by atoms with Crippen molar-refractivity contribution in [3.05, 3.63) is 94.7 Å².